The van der Waals surface area contributed by atoms with E-state index in [1.807, 2.05) is 37.2 Å². The SMILES string of the molecule is COCCN(Cc1cc(NC(=O)c2ccccc2Cl)ccc1N(C)C)C(=O)c1ccco1. The Kier molecular flexibility index (Phi) is 7.92. The Morgan fingerprint density at radius 1 is 1.09 bits per heavy atom. The molecule has 0 aliphatic carbocycles. The van der Waals surface area contributed by atoms with Gasteiger partial charge in [-0.05, 0) is 48.0 Å². The number of methoxy groups -OCH3 is 1. The van der Waals surface area contributed by atoms with Crippen molar-refractivity contribution in [2.75, 3.05) is 44.6 Å². The van der Waals surface area contributed by atoms with E-state index in [1.165, 1.54) is 6.26 Å². The number of rotatable bonds is 9. The first-order valence-corrected chi connectivity index (χ1v) is 10.5. The molecule has 0 aliphatic heterocycles. The number of halogens is 1. The molecule has 2 aromatic carbocycles. The summed E-state index contributed by atoms with van der Waals surface area (Å²) in [4.78, 5) is 29.3. The van der Waals surface area contributed by atoms with Crippen molar-refractivity contribution >= 4 is 34.8 Å². The van der Waals surface area contributed by atoms with E-state index in [-0.39, 0.29) is 17.6 Å². The zero-order chi connectivity index (χ0) is 23.1. The number of benzene rings is 2. The van der Waals surface area contributed by atoms with Gasteiger partial charge in [-0.3, -0.25) is 9.59 Å². The molecule has 1 N–H and O–H groups in total. The van der Waals surface area contributed by atoms with Gasteiger partial charge in [0.25, 0.3) is 11.8 Å². The summed E-state index contributed by atoms with van der Waals surface area (Å²) in [6.07, 6.45) is 1.47. The number of nitrogens with one attached hydrogen (secondary N) is 1. The quantitative estimate of drug-likeness (QED) is 0.512. The van der Waals surface area contributed by atoms with Gasteiger partial charge in [-0.25, -0.2) is 0 Å². The summed E-state index contributed by atoms with van der Waals surface area (Å²) in [5, 5.41) is 3.27. The van der Waals surface area contributed by atoms with Gasteiger partial charge in [0.2, 0.25) is 0 Å². The average molecular weight is 456 g/mol. The Morgan fingerprint density at radius 3 is 2.53 bits per heavy atom. The highest BCUT2D eigenvalue weighted by molar-refractivity contribution is 6.34. The predicted molar refractivity (Wildman–Crippen MR) is 125 cm³/mol. The van der Waals surface area contributed by atoms with Gasteiger partial charge in [-0.2, -0.15) is 0 Å². The van der Waals surface area contributed by atoms with Crippen LogP contribution in [0.1, 0.15) is 26.5 Å². The Balaban J connectivity index is 1.88. The van der Waals surface area contributed by atoms with Crippen molar-refractivity contribution in [3.8, 4) is 0 Å². The molecule has 0 aliphatic rings. The number of nitrogens with zero attached hydrogens (tertiary/aromatic N) is 2. The molecule has 0 saturated carbocycles. The van der Waals surface area contributed by atoms with Crippen molar-refractivity contribution < 1.29 is 18.7 Å². The van der Waals surface area contributed by atoms with E-state index in [0.29, 0.717) is 36.0 Å². The molecule has 3 aromatic rings. The van der Waals surface area contributed by atoms with Crippen LogP contribution < -0.4 is 10.2 Å². The number of ether oxygens (including phenoxy) is 1. The second-order valence-electron chi connectivity index (χ2n) is 7.37. The van der Waals surface area contributed by atoms with Gasteiger partial charge < -0.3 is 24.3 Å². The molecule has 1 aromatic heterocycles. The maximum Gasteiger partial charge on any atom is 0.289 e. The van der Waals surface area contributed by atoms with Crippen molar-refractivity contribution in [3.05, 3.63) is 82.8 Å². The van der Waals surface area contributed by atoms with E-state index in [9.17, 15) is 9.59 Å². The second kappa shape index (κ2) is 10.8. The third-order valence-corrected chi connectivity index (χ3v) is 5.21. The van der Waals surface area contributed by atoms with Gasteiger partial charge >= 0.3 is 0 Å². The average Bonchev–Trinajstić information content (AvgIpc) is 3.31. The minimum Gasteiger partial charge on any atom is -0.459 e. The first-order chi connectivity index (χ1) is 15.4. The van der Waals surface area contributed by atoms with Crippen LogP contribution in [0.3, 0.4) is 0 Å². The number of furan rings is 1. The van der Waals surface area contributed by atoms with Crippen molar-refractivity contribution in [3.63, 3.8) is 0 Å². The zero-order valence-corrected chi connectivity index (χ0v) is 19.1. The van der Waals surface area contributed by atoms with Crippen LogP contribution in [0.25, 0.3) is 0 Å². The summed E-state index contributed by atoms with van der Waals surface area (Å²) in [7, 11) is 5.44. The van der Waals surface area contributed by atoms with Crippen LogP contribution in [-0.2, 0) is 11.3 Å². The van der Waals surface area contributed by atoms with Crippen LogP contribution in [0.15, 0.2) is 65.3 Å². The topological polar surface area (TPSA) is 75.0 Å². The lowest BCUT2D eigenvalue weighted by Crippen LogP contribution is -2.33. The molecule has 0 radical (unpaired) electrons. The third kappa shape index (κ3) is 5.69. The molecule has 7 nitrogen and oxygen atoms in total. The maximum absolute atomic E-state index is 13.0. The molecule has 32 heavy (non-hydrogen) atoms. The first kappa shape index (κ1) is 23.4. The molecule has 1 heterocycles. The molecule has 0 atom stereocenters. The summed E-state index contributed by atoms with van der Waals surface area (Å²) in [5.74, 6) is -0.278. The highest BCUT2D eigenvalue weighted by atomic mass is 35.5. The monoisotopic (exact) mass is 455 g/mol. The largest absolute Gasteiger partial charge is 0.459 e. The molecule has 0 saturated heterocycles. The second-order valence-corrected chi connectivity index (χ2v) is 7.78. The number of amides is 2. The molecule has 0 bridgehead atoms. The van der Waals surface area contributed by atoms with Crippen molar-refractivity contribution in [2.45, 2.75) is 6.54 Å². The summed E-state index contributed by atoms with van der Waals surface area (Å²) >= 11 is 6.15. The van der Waals surface area contributed by atoms with E-state index in [4.69, 9.17) is 20.8 Å². The van der Waals surface area contributed by atoms with Crippen LogP contribution in [-0.4, -0.2) is 51.1 Å². The van der Waals surface area contributed by atoms with Gasteiger partial charge in [-0.15, -0.1) is 0 Å². The van der Waals surface area contributed by atoms with Crippen molar-refractivity contribution in [1.82, 2.24) is 4.90 Å². The number of carbonyl (C=O) groups is 2. The Hall–Kier alpha value is -3.29. The van der Waals surface area contributed by atoms with Gasteiger partial charge in [0.15, 0.2) is 5.76 Å². The number of hydrogen-bond acceptors (Lipinski definition) is 5. The standard InChI is InChI=1S/C24H26ClN3O4/c1-27(2)21-11-10-18(26-23(29)19-7-4-5-8-20(19)25)15-17(21)16-28(12-14-31-3)24(30)22-9-6-13-32-22/h4-11,13,15H,12,14,16H2,1-3H3,(H,26,29). The fourth-order valence-electron chi connectivity index (χ4n) is 3.29. The molecular formula is C24H26ClN3O4. The molecule has 0 spiro atoms. The normalized spacial score (nSPS) is 10.6. The summed E-state index contributed by atoms with van der Waals surface area (Å²) < 4.78 is 10.5. The van der Waals surface area contributed by atoms with Crippen LogP contribution in [0, 0.1) is 0 Å². The molecule has 0 fully saturated rings. The van der Waals surface area contributed by atoms with Crippen LogP contribution in [0.2, 0.25) is 5.02 Å². The summed E-state index contributed by atoms with van der Waals surface area (Å²) in [6.45, 7) is 1.08. The molecule has 0 unspecified atom stereocenters. The summed E-state index contributed by atoms with van der Waals surface area (Å²) in [6, 6.07) is 15.8. The lowest BCUT2D eigenvalue weighted by Gasteiger charge is -2.25. The van der Waals surface area contributed by atoms with Crippen molar-refractivity contribution in [1.29, 1.82) is 0 Å². The minimum atomic E-state index is -0.304. The van der Waals surface area contributed by atoms with Crippen molar-refractivity contribution in [2.24, 2.45) is 0 Å². The smallest absolute Gasteiger partial charge is 0.289 e. The Bertz CT molecular complexity index is 1070. The van der Waals surface area contributed by atoms with Gasteiger partial charge in [0, 0.05) is 45.7 Å². The fourth-order valence-corrected chi connectivity index (χ4v) is 3.51. The lowest BCUT2D eigenvalue weighted by atomic mass is 10.1. The lowest BCUT2D eigenvalue weighted by molar-refractivity contribution is 0.0649. The van der Waals surface area contributed by atoms with Crippen LogP contribution in [0.5, 0.6) is 0 Å². The van der Waals surface area contributed by atoms with Crippen LogP contribution in [0.4, 0.5) is 11.4 Å². The van der Waals surface area contributed by atoms with E-state index in [0.717, 1.165) is 11.3 Å². The molecule has 3 rings (SSSR count). The van der Waals surface area contributed by atoms with E-state index < -0.39 is 0 Å². The minimum absolute atomic E-state index is 0.234. The summed E-state index contributed by atoms with van der Waals surface area (Å²) in [5.41, 5.74) is 2.79. The van der Waals surface area contributed by atoms with E-state index in [2.05, 4.69) is 5.32 Å². The molecule has 168 valence electrons. The Morgan fingerprint density at radius 2 is 1.88 bits per heavy atom. The number of anilines is 2. The van der Waals surface area contributed by atoms with Crippen LogP contribution >= 0.6 is 11.6 Å². The molecule has 8 heteroatoms. The molecule has 2 amide bonds. The molecular weight excluding hydrogens is 430 g/mol. The van der Waals surface area contributed by atoms with E-state index >= 15 is 0 Å². The number of carbonyl (C=O) groups excluding carboxylic acids is 2. The highest BCUT2D eigenvalue weighted by Gasteiger charge is 2.21. The van der Waals surface area contributed by atoms with E-state index in [1.54, 1.807) is 48.4 Å². The predicted octanol–water partition coefficient (Wildman–Crippen LogP) is 4.54. The first-order valence-electron chi connectivity index (χ1n) is 10.1. The Labute approximate surface area is 192 Å². The zero-order valence-electron chi connectivity index (χ0n) is 18.3. The number of hydrogen-bond donors (Lipinski definition) is 1. The van der Waals surface area contributed by atoms with Gasteiger partial charge in [-0.1, -0.05) is 23.7 Å². The third-order valence-electron chi connectivity index (χ3n) is 4.88. The highest BCUT2D eigenvalue weighted by Crippen LogP contribution is 2.26. The van der Waals surface area contributed by atoms with Gasteiger partial charge in [0.1, 0.15) is 0 Å². The van der Waals surface area contributed by atoms with Gasteiger partial charge in [0.05, 0.1) is 23.5 Å². The maximum atomic E-state index is 13.0. The fraction of sp³-hybridized carbons (Fsp3) is 0.250.